The number of benzene rings is 2. The van der Waals surface area contributed by atoms with Gasteiger partial charge >= 0.3 is 5.97 Å². The highest BCUT2D eigenvalue weighted by molar-refractivity contribution is 6.32. The molecule has 0 bridgehead atoms. The van der Waals surface area contributed by atoms with Crippen molar-refractivity contribution in [3.05, 3.63) is 68.2 Å². The summed E-state index contributed by atoms with van der Waals surface area (Å²) in [5.41, 5.74) is 2.08. The van der Waals surface area contributed by atoms with Gasteiger partial charge in [0.1, 0.15) is 5.02 Å². The number of nitro groups is 1. The summed E-state index contributed by atoms with van der Waals surface area (Å²) < 4.78 is 5.10. The fourth-order valence-electron chi connectivity index (χ4n) is 2.18. The summed E-state index contributed by atoms with van der Waals surface area (Å²) in [4.78, 5) is 34.6. The largest absolute Gasteiger partial charge is 0.449 e. The second-order valence-electron chi connectivity index (χ2n) is 5.71. The first-order chi connectivity index (χ1) is 12.2. The number of aryl methyl sites for hydroxylation is 1. The summed E-state index contributed by atoms with van der Waals surface area (Å²) >= 11 is 5.71. The molecular weight excluding hydrogens is 360 g/mol. The molecule has 8 heteroatoms. The van der Waals surface area contributed by atoms with Crippen LogP contribution in [0.5, 0.6) is 0 Å². The smallest absolute Gasteiger partial charge is 0.339 e. The molecule has 0 saturated carbocycles. The van der Waals surface area contributed by atoms with Gasteiger partial charge in [-0.15, -0.1) is 0 Å². The minimum absolute atomic E-state index is 0.0625. The zero-order valence-corrected chi connectivity index (χ0v) is 15.2. The van der Waals surface area contributed by atoms with E-state index in [2.05, 4.69) is 5.32 Å². The molecular formula is C18H17ClN2O5. The van der Waals surface area contributed by atoms with Gasteiger partial charge in [-0.2, -0.15) is 0 Å². The van der Waals surface area contributed by atoms with Crippen LogP contribution in [0.15, 0.2) is 36.4 Å². The molecule has 0 aliphatic rings. The summed E-state index contributed by atoms with van der Waals surface area (Å²) in [6, 6.07) is 9.02. The molecule has 2 aromatic carbocycles. The Kier molecular flexibility index (Phi) is 5.94. The van der Waals surface area contributed by atoms with E-state index in [-0.39, 0.29) is 10.6 Å². The molecule has 0 aliphatic heterocycles. The van der Waals surface area contributed by atoms with Gasteiger partial charge in [0.25, 0.3) is 11.6 Å². The lowest BCUT2D eigenvalue weighted by Gasteiger charge is -2.15. The van der Waals surface area contributed by atoms with Crippen LogP contribution in [-0.4, -0.2) is 22.9 Å². The molecule has 0 fully saturated rings. The van der Waals surface area contributed by atoms with E-state index in [4.69, 9.17) is 16.3 Å². The third-order valence-electron chi connectivity index (χ3n) is 3.89. The number of nitrogens with zero attached hydrogens (tertiary/aromatic N) is 1. The fraction of sp³-hybridized carbons (Fsp3) is 0.222. The molecule has 2 aromatic rings. The second-order valence-corrected chi connectivity index (χ2v) is 6.11. The van der Waals surface area contributed by atoms with Crippen LogP contribution in [-0.2, 0) is 9.53 Å². The van der Waals surface area contributed by atoms with Crippen LogP contribution in [0.25, 0.3) is 0 Å². The zero-order chi connectivity index (χ0) is 19.4. The highest BCUT2D eigenvalue weighted by Gasteiger charge is 2.22. The van der Waals surface area contributed by atoms with Crippen molar-refractivity contribution < 1.29 is 19.2 Å². The number of carbonyl (C=O) groups excluding carboxylic acids is 2. The maximum atomic E-state index is 12.3. The first kappa shape index (κ1) is 19.4. The molecule has 1 N–H and O–H groups in total. The minimum atomic E-state index is -1.09. The van der Waals surface area contributed by atoms with E-state index in [9.17, 15) is 19.7 Å². The Morgan fingerprint density at radius 3 is 2.58 bits per heavy atom. The van der Waals surface area contributed by atoms with Crippen LogP contribution < -0.4 is 5.32 Å². The van der Waals surface area contributed by atoms with Gasteiger partial charge in [-0.05, 0) is 50.1 Å². The average Bonchev–Trinajstić information content (AvgIpc) is 2.58. The molecule has 0 radical (unpaired) electrons. The Labute approximate surface area is 155 Å². The molecule has 0 unspecified atom stereocenters. The van der Waals surface area contributed by atoms with Crippen molar-refractivity contribution in [1.29, 1.82) is 0 Å². The number of amides is 1. The Morgan fingerprint density at radius 1 is 1.23 bits per heavy atom. The van der Waals surface area contributed by atoms with Crippen molar-refractivity contribution >= 4 is 34.9 Å². The molecule has 0 spiro atoms. The Morgan fingerprint density at radius 2 is 1.92 bits per heavy atom. The number of anilines is 1. The van der Waals surface area contributed by atoms with Gasteiger partial charge in [-0.1, -0.05) is 23.7 Å². The molecule has 2 rings (SSSR count). The highest BCUT2D eigenvalue weighted by atomic mass is 35.5. The Bertz CT molecular complexity index is 882. The monoisotopic (exact) mass is 376 g/mol. The number of halogens is 1. The van der Waals surface area contributed by atoms with Crippen LogP contribution in [0.3, 0.4) is 0 Å². The van der Waals surface area contributed by atoms with Gasteiger partial charge in [-0.3, -0.25) is 14.9 Å². The van der Waals surface area contributed by atoms with Crippen LogP contribution in [0.1, 0.15) is 28.4 Å². The van der Waals surface area contributed by atoms with Gasteiger partial charge in [-0.25, -0.2) is 4.79 Å². The molecule has 7 nitrogen and oxygen atoms in total. The predicted molar refractivity (Wildman–Crippen MR) is 97.5 cm³/mol. The van der Waals surface area contributed by atoms with Crippen LogP contribution in [0.4, 0.5) is 11.4 Å². The van der Waals surface area contributed by atoms with Crippen molar-refractivity contribution in [3.8, 4) is 0 Å². The normalized spacial score (nSPS) is 11.5. The molecule has 136 valence electrons. The molecule has 0 saturated heterocycles. The van der Waals surface area contributed by atoms with Crippen LogP contribution in [0, 0.1) is 24.0 Å². The number of hydrogen-bond acceptors (Lipinski definition) is 5. The number of esters is 1. The van der Waals surface area contributed by atoms with Gasteiger partial charge in [0.05, 0.1) is 10.5 Å². The van der Waals surface area contributed by atoms with E-state index in [1.807, 2.05) is 26.0 Å². The van der Waals surface area contributed by atoms with Crippen molar-refractivity contribution in [2.75, 3.05) is 5.32 Å². The number of nitro benzene ring substituents is 1. The number of carbonyl (C=O) groups is 2. The summed E-state index contributed by atoms with van der Waals surface area (Å²) in [6.07, 6.45) is -1.09. The number of nitrogens with one attached hydrogen (secondary N) is 1. The average molecular weight is 377 g/mol. The van der Waals surface area contributed by atoms with Crippen molar-refractivity contribution in [2.24, 2.45) is 0 Å². The van der Waals surface area contributed by atoms with E-state index in [1.165, 1.54) is 19.1 Å². The van der Waals surface area contributed by atoms with Crippen LogP contribution >= 0.6 is 11.6 Å². The summed E-state index contributed by atoms with van der Waals surface area (Å²) in [5, 5.41) is 13.5. The lowest BCUT2D eigenvalue weighted by molar-refractivity contribution is -0.384. The van der Waals surface area contributed by atoms with E-state index >= 15 is 0 Å². The predicted octanol–water partition coefficient (Wildman–Crippen LogP) is 4.05. The third-order valence-corrected chi connectivity index (χ3v) is 4.21. The SMILES string of the molecule is Cc1cccc(NC(=O)[C@H](C)OC(=O)c2ccc(Cl)c([N+](=O)[O-])c2)c1C. The zero-order valence-electron chi connectivity index (χ0n) is 14.4. The lowest BCUT2D eigenvalue weighted by atomic mass is 10.1. The quantitative estimate of drug-likeness (QED) is 0.482. The first-order valence-corrected chi connectivity index (χ1v) is 8.10. The van der Waals surface area contributed by atoms with E-state index < -0.39 is 28.6 Å². The maximum absolute atomic E-state index is 12.3. The van der Waals surface area contributed by atoms with E-state index in [1.54, 1.807) is 6.07 Å². The van der Waals surface area contributed by atoms with Gasteiger partial charge in [0, 0.05) is 11.8 Å². The molecule has 0 aromatic heterocycles. The van der Waals surface area contributed by atoms with Gasteiger partial charge in [0.2, 0.25) is 0 Å². The van der Waals surface area contributed by atoms with Crippen molar-refractivity contribution in [3.63, 3.8) is 0 Å². The van der Waals surface area contributed by atoms with E-state index in [0.717, 1.165) is 17.2 Å². The molecule has 1 amide bonds. The van der Waals surface area contributed by atoms with Crippen molar-refractivity contribution in [2.45, 2.75) is 26.9 Å². The van der Waals surface area contributed by atoms with Crippen LogP contribution in [0.2, 0.25) is 5.02 Å². The Balaban J connectivity index is 2.09. The first-order valence-electron chi connectivity index (χ1n) is 7.72. The number of rotatable bonds is 5. The highest BCUT2D eigenvalue weighted by Crippen LogP contribution is 2.25. The molecule has 1 atom stereocenters. The Hall–Kier alpha value is -2.93. The molecule has 0 heterocycles. The summed E-state index contributed by atoms with van der Waals surface area (Å²) in [7, 11) is 0. The van der Waals surface area contributed by atoms with Crippen molar-refractivity contribution in [1.82, 2.24) is 0 Å². The standard InChI is InChI=1S/C18H17ClN2O5/c1-10-5-4-6-15(11(10)2)20-17(22)12(3)26-18(23)13-7-8-14(19)16(9-13)21(24)25/h4-9,12H,1-3H3,(H,20,22)/t12-/m0/s1. The van der Waals surface area contributed by atoms with Gasteiger partial charge < -0.3 is 10.1 Å². The topological polar surface area (TPSA) is 98.5 Å². The second kappa shape index (κ2) is 7.97. The summed E-state index contributed by atoms with van der Waals surface area (Å²) in [5.74, 6) is -1.36. The molecule has 26 heavy (non-hydrogen) atoms. The summed E-state index contributed by atoms with van der Waals surface area (Å²) in [6.45, 7) is 5.21. The van der Waals surface area contributed by atoms with E-state index in [0.29, 0.717) is 5.69 Å². The lowest BCUT2D eigenvalue weighted by Crippen LogP contribution is -2.30. The molecule has 0 aliphatic carbocycles. The third kappa shape index (κ3) is 4.37. The number of ether oxygens (including phenoxy) is 1. The fourth-order valence-corrected chi connectivity index (χ4v) is 2.37. The van der Waals surface area contributed by atoms with Gasteiger partial charge in [0.15, 0.2) is 6.10 Å². The minimum Gasteiger partial charge on any atom is -0.449 e. The number of hydrogen-bond donors (Lipinski definition) is 1. The maximum Gasteiger partial charge on any atom is 0.339 e.